The summed E-state index contributed by atoms with van der Waals surface area (Å²) in [6.07, 6.45) is 1.87. The highest BCUT2D eigenvalue weighted by molar-refractivity contribution is 9.10. The second-order valence-corrected chi connectivity index (χ2v) is 7.40. The predicted molar refractivity (Wildman–Crippen MR) is 71.4 cm³/mol. The highest BCUT2D eigenvalue weighted by atomic mass is 79.9. The van der Waals surface area contributed by atoms with Crippen molar-refractivity contribution in [2.75, 3.05) is 0 Å². The van der Waals surface area contributed by atoms with Crippen LogP contribution < -0.4 is 4.72 Å². The molecule has 0 heterocycles. The van der Waals surface area contributed by atoms with Gasteiger partial charge in [0, 0.05) is 10.5 Å². The molecule has 5 heteroatoms. The van der Waals surface area contributed by atoms with Crippen LogP contribution in [0.2, 0.25) is 0 Å². The lowest BCUT2D eigenvalue weighted by atomic mass is 9.83. The van der Waals surface area contributed by atoms with Gasteiger partial charge in [0.05, 0.1) is 4.90 Å². The summed E-state index contributed by atoms with van der Waals surface area (Å²) in [6.45, 7) is 3.94. The maximum absolute atomic E-state index is 12.2. The molecule has 1 aliphatic rings. The fraction of sp³-hybridized carbons (Fsp3) is 0.500. The van der Waals surface area contributed by atoms with Gasteiger partial charge in [-0.1, -0.05) is 28.9 Å². The van der Waals surface area contributed by atoms with Gasteiger partial charge in [-0.05, 0) is 43.4 Å². The number of halogens is 1. The van der Waals surface area contributed by atoms with Gasteiger partial charge in [-0.25, -0.2) is 13.1 Å². The van der Waals surface area contributed by atoms with E-state index in [0.717, 1.165) is 22.9 Å². The summed E-state index contributed by atoms with van der Waals surface area (Å²) in [5.41, 5.74) is 0.771. The van der Waals surface area contributed by atoms with Crippen LogP contribution in [0.5, 0.6) is 0 Å². The average molecular weight is 318 g/mol. The smallest absolute Gasteiger partial charge is 0.208 e. The lowest BCUT2D eigenvalue weighted by molar-refractivity contribution is 0.270. The van der Waals surface area contributed by atoms with E-state index < -0.39 is 10.0 Å². The molecule has 3 nitrogen and oxygen atoms in total. The Morgan fingerprint density at radius 2 is 2.00 bits per heavy atom. The molecule has 1 aromatic carbocycles. The van der Waals surface area contributed by atoms with Crippen LogP contribution in [0.1, 0.15) is 25.3 Å². The average Bonchev–Trinajstić information content (AvgIpc) is 2.19. The zero-order valence-electron chi connectivity index (χ0n) is 9.90. The van der Waals surface area contributed by atoms with Crippen LogP contribution in [0.3, 0.4) is 0 Å². The van der Waals surface area contributed by atoms with E-state index in [1.807, 2.05) is 19.1 Å². The van der Waals surface area contributed by atoms with Gasteiger partial charge < -0.3 is 0 Å². The number of hydrogen-bond acceptors (Lipinski definition) is 2. The van der Waals surface area contributed by atoms with E-state index in [-0.39, 0.29) is 6.04 Å². The molecule has 1 fully saturated rings. The number of sulfonamides is 1. The van der Waals surface area contributed by atoms with Crippen molar-refractivity contribution < 1.29 is 8.42 Å². The summed E-state index contributed by atoms with van der Waals surface area (Å²) in [5, 5.41) is 0. The molecule has 1 saturated carbocycles. The van der Waals surface area contributed by atoms with Crippen LogP contribution in [0.15, 0.2) is 27.6 Å². The molecule has 0 amide bonds. The van der Waals surface area contributed by atoms with E-state index in [1.54, 1.807) is 6.07 Å². The standard InChI is InChI=1S/C12H16BrNO2S/c1-8-5-11(6-8)14-17(15,16)12-7-10(13)4-3-9(12)2/h3-4,7-8,11,14H,5-6H2,1-2H3. The molecule has 94 valence electrons. The van der Waals surface area contributed by atoms with Gasteiger partial charge in [-0.3, -0.25) is 0 Å². The van der Waals surface area contributed by atoms with E-state index in [0.29, 0.717) is 10.8 Å². The molecule has 0 atom stereocenters. The zero-order valence-corrected chi connectivity index (χ0v) is 12.3. The van der Waals surface area contributed by atoms with Gasteiger partial charge in [0.15, 0.2) is 0 Å². The minimum atomic E-state index is -3.38. The van der Waals surface area contributed by atoms with Gasteiger partial charge >= 0.3 is 0 Å². The molecule has 0 unspecified atom stereocenters. The maximum Gasteiger partial charge on any atom is 0.241 e. The van der Waals surface area contributed by atoms with E-state index in [2.05, 4.69) is 27.6 Å². The molecule has 0 bridgehead atoms. The molecular weight excluding hydrogens is 302 g/mol. The largest absolute Gasteiger partial charge is 0.241 e. The summed E-state index contributed by atoms with van der Waals surface area (Å²) in [7, 11) is -3.38. The highest BCUT2D eigenvalue weighted by Crippen LogP contribution is 2.28. The molecule has 2 rings (SSSR count). The first-order chi connectivity index (χ1) is 7.88. The van der Waals surface area contributed by atoms with Crippen LogP contribution in [0.25, 0.3) is 0 Å². The molecule has 0 aromatic heterocycles. The van der Waals surface area contributed by atoms with Crippen LogP contribution in [0, 0.1) is 12.8 Å². The third kappa shape index (κ3) is 2.89. The van der Waals surface area contributed by atoms with Crippen molar-refractivity contribution in [2.45, 2.75) is 37.6 Å². The first-order valence-electron chi connectivity index (χ1n) is 5.67. The molecule has 0 aliphatic heterocycles. The second-order valence-electron chi connectivity index (χ2n) is 4.80. The Balaban J connectivity index is 2.22. The first kappa shape index (κ1) is 13.1. The molecule has 1 aliphatic carbocycles. The van der Waals surface area contributed by atoms with Gasteiger partial charge in [-0.15, -0.1) is 0 Å². The Kier molecular flexibility index (Phi) is 3.61. The summed E-state index contributed by atoms with van der Waals surface area (Å²) in [6, 6.07) is 5.41. The quantitative estimate of drug-likeness (QED) is 0.931. The van der Waals surface area contributed by atoms with Gasteiger partial charge in [0.1, 0.15) is 0 Å². The van der Waals surface area contributed by atoms with Crippen molar-refractivity contribution in [1.82, 2.24) is 4.72 Å². The number of rotatable bonds is 3. The minimum Gasteiger partial charge on any atom is -0.208 e. The van der Waals surface area contributed by atoms with Crippen molar-refractivity contribution in [2.24, 2.45) is 5.92 Å². The Morgan fingerprint density at radius 3 is 2.59 bits per heavy atom. The number of nitrogens with one attached hydrogen (secondary N) is 1. The second kappa shape index (κ2) is 4.71. The summed E-state index contributed by atoms with van der Waals surface area (Å²) in [4.78, 5) is 0.367. The first-order valence-corrected chi connectivity index (χ1v) is 7.94. The van der Waals surface area contributed by atoms with Gasteiger partial charge in [0.25, 0.3) is 0 Å². The fourth-order valence-corrected chi connectivity index (χ4v) is 4.19. The Morgan fingerprint density at radius 1 is 1.35 bits per heavy atom. The topological polar surface area (TPSA) is 46.2 Å². The van der Waals surface area contributed by atoms with Crippen molar-refractivity contribution in [3.05, 3.63) is 28.2 Å². The molecule has 1 N–H and O–H groups in total. The van der Waals surface area contributed by atoms with E-state index in [1.165, 1.54) is 0 Å². The van der Waals surface area contributed by atoms with Crippen molar-refractivity contribution in [1.29, 1.82) is 0 Å². The lowest BCUT2D eigenvalue weighted by Gasteiger charge is -2.33. The highest BCUT2D eigenvalue weighted by Gasteiger charge is 2.30. The molecule has 0 radical (unpaired) electrons. The Hall–Kier alpha value is -0.390. The Bertz CT molecular complexity index is 521. The van der Waals surface area contributed by atoms with E-state index in [9.17, 15) is 8.42 Å². The van der Waals surface area contributed by atoms with Crippen LogP contribution in [0.4, 0.5) is 0 Å². The SMILES string of the molecule is Cc1ccc(Br)cc1S(=O)(=O)NC1CC(C)C1. The maximum atomic E-state index is 12.2. The molecule has 17 heavy (non-hydrogen) atoms. The molecule has 0 spiro atoms. The summed E-state index contributed by atoms with van der Waals surface area (Å²) < 4.78 is 27.9. The lowest BCUT2D eigenvalue weighted by Crippen LogP contribution is -2.43. The Labute approximate surface area is 111 Å². The minimum absolute atomic E-state index is 0.105. The summed E-state index contributed by atoms with van der Waals surface area (Å²) >= 11 is 3.30. The van der Waals surface area contributed by atoms with Gasteiger partial charge in [-0.2, -0.15) is 0 Å². The zero-order chi connectivity index (χ0) is 12.6. The summed E-state index contributed by atoms with van der Waals surface area (Å²) in [5.74, 6) is 0.631. The molecular formula is C12H16BrNO2S. The van der Waals surface area contributed by atoms with Crippen LogP contribution in [-0.2, 0) is 10.0 Å². The van der Waals surface area contributed by atoms with E-state index >= 15 is 0 Å². The van der Waals surface area contributed by atoms with Crippen molar-refractivity contribution >= 4 is 26.0 Å². The molecule has 1 aromatic rings. The number of benzene rings is 1. The van der Waals surface area contributed by atoms with Crippen LogP contribution >= 0.6 is 15.9 Å². The van der Waals surface area contributed by atoms with E-state index in [4.69, 9.17) is 0 Å². The third-order valence-corrected chi connectivity index (χ3v) is 5.29. The normalized spacial score (nSPS) is 24.4. The fourth-order valence-electron chi connectivity index (χ4n) is 2.14. The number of hydrogen-bond donors (Lipinski definition) is 1. The van der Waals surface area contributed by atoms with Crippen LogP contribution in [-0.4, -0.2) is 14.5 Å². The van der Waals surface area contributed by atoms with Gasteiger partial charge in [0.2, 0.25) is 10.0 Å². The number of aryl methyl sites for hydroxylation is 1. The molecule has 0 saturated heterocycles. The van der Waals surface area contributed by atoms with Crippen molar-refractivity contribution in [3.8, 4) is 0 Å². The third-order valence-electron chi connectivity index (χ3n) is 3.14. The predicted octanol–water partition coefficient (Wildman–Crippen LogP) is 2.83. The monoisotopic (exact) mass is 317 g/mol. The van der Waals surface area contributed by atoms with Crippen molar-refractivity contribution in [3.63, 3.8) is 0 Å².